The molecule has 60 heavy (non-hydrogen) atoms. The van der Waals surface area contributed by atoms with E-state index < -0.39 is 31.4 Å². The molecule has 0 bridgehead atoms. The van der Waals surface area contributed by atoms with E-state index in [1.165, 1.54) is 30.3 Å². The number of hydrogen-bond acceptors (Lipinski definition) is 12. The largest absolute Gasteiger partial charge is 0.455 e. The van der Waals surface area contributed by atoms with Crippen molar-refractivity contribution >= 4 is 44.0 Å². The number of carbonyl (C=O) groups excluding carboxylic acids is 1. The SMILES string of the molecule is C=C(C)CCC1=C(CN2CCN(c3ccc(C(=O)NS(=O)(=O)c4ccc(NC[C@@H]5CN(C)CCO5)c([N+](=O)[O-])c4)c(Oc4cnc5[nH]ccc5c4)c3)CC2)CCC(C)(C)C1. The van der Waals surface area contributed by atoms with E-state index in [0.29, 0.717) is 36.5 Å². The number of carbonyl (C=O) groups is 1. The molecular weight excluding hydrogens is 785 g/mol. The van der Waals surface area contributed by atoms with Gasteiger partial charge in [-0.2, -0.15) is 0 Å². The second kappa shape index (κ2) is 18.1. The van der Waals surface area contributed by atoms with E-state index in [2.05, 4.69) is 62.1 Å². The summed E-state index contributed by atoms with van der Waals surface area (Å²) in [7, 11) is -2.59. The first-order valence-electron chi connectivity index (χ1n) is 20.6. The lowest BCUT2D eigenvalue weighted by Crippen LogP contribution is -2.47. The van der Waals surface area contributed by atoms with Crippen molar-refractivity contribution in [3.8, 4) is 11.5 Å². The summed E-state index contributed by atoms with van der Waals surface area (Å²) in [5.74, 6) is -0.458. The Bertz CT molecular complexity index is 2390. The number of ether oxygens (including phenoxy) is 2. The molecule has 2 aliphatic heterocycles. The molecule has 320 valence electrons. The summed E-state index contributed by atoms with van der Waals surface area (Å²) in [6.07, 6.45) is 8.63. The molecular formula is C44H56N8O7S. The third-order valence-corrected chi connectivity index (χ3v) is 13.0. The molecule has 1 atom stereocenters. The molecule has 4 aromatic rings. The number of pyridine rings is 1. The molecule has 0 saturated carbocycles. The van der Waals surface area contributed by atoms with Gasteiger partial charge in [-0.15, -0.1) is 6.58 Å². The summed E-state index contributed by atoms with van der Waals surface area (Å²) in [4.78, 5) is 39.2. The van der Waals surface area contributed by atoms with Crippen LogP contribution in [0.2, 0.25) is 0 Å². The Hall–Kier alpha value is -5.29. The minimum atomic E-state index is -4.56. The van der Waals surface area contributed by atoms with E-state index in [1.807, 2.05) is 13.1 Å². The molecule has 2 aromatic heterocycles. The molecule has 7 rings (SSSR count). The Morgan fingerprint density at radius 1 is 1.10 bits per heavy atom. The number of fused-ring (bicyclic) bond motifs is 1. The van der Waals surface area contributed by atoms with E-state index in [4.69, 9.17) is 9.47 Å². The maximum absolute atomic E-state index is 13.9. The van der Waals surface area contributed by atoms with Crippen LogP contribution in [0.4, 0.5) is 17.1 Å². The van der Waals surface area contributed by atoms with Crippen molar-refractivity contribution in [1.82, 2.24) is 24.5 Å². The zero-order valence-corrected chi connectivity index (χ0v) is 35.8. The lowest BCUT2D eigenvalue weighted by molar-refractivity contribution is -0.384. The van der Waals surface area contributed by atoms with Gasteiger partial charge >= 0.3 is 0 Å². The number of anilines is 2. The number of H-pyrrole nitrogens is 1. The van der Waals surface area contributed by atoms with E-state index in [9.17, 15) is 23.3 Å². The van der Waals surface area contributed by atoms with Crippen molar-refractivity contribution in [2.75, 3.05) is 76.2 Å². The molecule has 2 fully saturated rings. The van der Waals surface area contributed by atoms with E-state index in [1.54, 1.807) is 41.6 Å². The molecule has 1 aliphatic carbocycles. The van der Waals surface area contributed by atoms with Crippen molar-refractivity contribution in [3.05, 3.63) is 99.9 Å². The van der Waals surface area contributed by atoms with E-state index >= 15 is 0 Å². The molecule has 0 spiro atoms. The second-order valence-electron chi connectivity index (χ2n) is 17.1. The molecule has 2 aromatic carbocycles. The van der Waals surface area contributed by atoms with Crippen molar-refractivity contribution < 1.29 is 27.6 Å². The van der Waals surface area contributed by atoms with E-state index in [0.717, 1.165) is 82.1 Å². The van der Waals surface area contributed by atoms with Crippen LogP contribution in [0.3, 0.4) is 0 Å². The quantitative estimate of drug-likeness (QED) is 0.0630. The fourth-order valence-electron chi connectivity index (χ4n) is 8.22. The zero-order chi connectivity index (χ0) is 42.6. The number of rotatable bonds is 15. The Labute approximate surface area is 352 Å². The Kier molecular flexibility index (Phi) is 12.9. The third kappa shape index (κ3) is 10.5. The minimum absolute atomic E-state index is 0.0326. The van der Waals surface area contributed by atoms with Crippen LogP contribution in [-0.4, -0.2) is 111 Å². The summed E-state index contributed by atoms with van der Waals surface area (Å²) >= 11 is 0. The highest BCUT2D eigenvalue weighted by atomic mass is 32.2. The first-order chi connectivity index (χ1) is 28.6. The Morgan fingerprint density at radius 3 is 2.65 bits per heavy atom. The zero-order valence-electron chi connectivity index (χ0n) is 35.0. The van der Waals surface area contributed by atoms with Gasteiger partial charge in [0.2, 0.25) is 0 Å². The fraction of sp³-hybridized carbons (Fsp3) is 0.455. The highest BCUT2D eigenvalue weighted by molar-refractivity contribution is 7.90. The number of allylic oxidation sites excluding steroid dienone is 2. The summed E-state index contributed by atoms with van der Waals surface area (Å²) < 4.78 is 41.5. The Balaban J connectivity index is 1.08. The standard InChI is InChI=1S/C44H56N8O7S/c1-30(2)6-7-32-25-44(3,4)14-12-33(32)28-50-16-18-51(19-17-50)34-8-10-38(41(23-34)59-35-22-31-13-15-45-42(31)47-26-35)43(53)48-60(56,57)37-9-11-39(40(24-37)52(54)55)46-27-36-29-49(5)20-21-58-36/h8-11,13,15,22-24,26,36,46H,1,6-7,12,14,16-21,25,27-29H2,2-5H3,(H,45,47)(H,48,53)/t36-/m1/s1. The van der Waals surface area contributed by atoms with E-state index in [-0.39, 0.29) is 23.1 Å². The number of amides is 1. The number of benzene rings is 2. The lowest BCUT2D eigenvalue weighted by Gasteiger charge is -2.39. The highest BCUT2D eigenvalue weighted by Gasteiger charge is 2.30. The van der Waals surface area contributed by atoms with Crippen LogP contribution in [0.25, 0.3) is 11.0 Å². The van der Waals surface area contributed by atoms with Gasteiger partial charge in [0, 0.05) is 81.8 Å². The predicted octanol–water partition coefficient (Wildman–Crippen LogP) is 7.11. The normalized spacial score (nSPS) is 19.0. The van der Waals surface area contributed by atoms with Crippen molar-refractivity contribution in [2.45, 2.75) is 63.9 Å². The van der Waals surface area contributed by atoms with Gasteiger partial charge < -0.3 is 29.6 Å². The topological polar surface area (TPSA) is 175 Å². The molecule has 1 amide bonds. The molecule has 0 unspecified atom stereocenters. The van der Waals surface area contributed by atoms with Gasteiger partial charge in [-0.25, -0.2) is 18.1 Å². The molecule has 2 saturated heterocycles. The number of sulfonamides is 1. The molecule has 15 nitrogen and oxygen atoms in total. The van der Waals surface area contributed by atoms with Crippen LogP contribution in [0.15, 0.2) is 89.1 Å². The summed E-state index contributed by atoms with van der Waals surface area (Å²) in [5.41, 5.74) is 5.83. The first kappa shape index (κ1) is 42.8. The van der Waals surface area contributed by atoms with Gasteiger partial charge in [-0.05, 0) is 87.9 Å². The van der Waals surface area contributed by atoms with Crippen LogP contribution in [-0.2, 0) is 14.8 Å². The maximum Gasteiger partial charge on any atom is 0.293 e. The molecule has 0 radical (unpaired) electrons. The number of aromatic nitrogens is 2. The first-order valence-corrected chi connectivity index (χ1v) is 22.1. The number of likely N-dealkylation sites (N-methyl/N-ethyl adjacent to an activating group) is 1. The van der Waals surface area contributed by atoms with Crippen molar-refractivity contribution in [3.63, 3.8) is 0 Å². The summed E-state index contributed by atoms with van der Waals surface area (Å²) in [6, 6.07) is 12.2. The number of hydrogen-bond donors (Lipinski definition) is 3. The van der Waals surface area contributed by atoms with Gasteiger partial charge in [-0.1, -0.05) is 30.6 Å². The van der Waals surface area contributed by atoms with Crippen LogP contribution in [0.1, 0.15) is 63.2 Å². The summed E-state index contributed by atoms with van der Waals surface area (Å²) in [5, 5.41) is 15.9. The van der Waals surface area contributed by atoms with Crippen LogP contribution >= 0.6 is 0 Å². The molecule has 4 heterocycles. The van der Waals surface area contributed by atoms with Gasteiger partial charge in [0.05, 0.1) is 34.3 Å². The number of nitro groups is 1. The highest BCUT2D eigenvalue weighted by Crippen LogP contribution is 2.41. The molecule has 3 N–H and O–H groups in total. The van der Waals surface area contributed by atoms with Gasteiger partial charge in [0.25, 0.3) is 21.6 Å². The maximum atomic E-state index is 13.9. The molecule has 3 aliphatic rings. The number of piperazine rings is 1. The van der Waals surface area contributed by atoms with Gasteiger partial charge in [0.1, 0.15) is 22.8 Å². The average Bonchev–Trinajstić information content (AvgIpc) is 3.68. The average molecular weight is 841 g/mol. The summed E-state index contributed by atoms with van der Waals surface area (Å²) in [6.45, 7) is 17.4. The minimum Gasteiger partial charge on any atom is -0.455 e. The molecule has 16 heteroatoms. The fourth-order valence-corrected chi connectivity index (χ4v) is 9.21. The van der Waals surface area contributed by atoms with Gasteiger partial charge in [0.15, 0.2) is 0 Å². The van der Waals surface area contributed by atoms with Crippen LogP contribution < -0.4 is 19.7 Å². The van der Waals surface area contributed by atoms with Crippen LogP contribution in [0, 0.1) is 15.5 Å². The predicted molar refractivity (Wildman–Crippen MR) is 233 cm³/mol. The number of nitrogens with one attached hydrogen (secondary N) is 3. The second-order valence-corrected chi connectivity index (χ2v) is 18.8. The number of morpholine rings is 1. The number of nitrogens with zero attached hydrogens (tertiary/aromatic N) is 5. The number of nitro benzene ring substituents is 1. The lowest BCUT2D eigenvalue weighted by atomic mass is 9.73. The monoisotopic (exact) mass is 840 g/mol. The van der Waals surface area contributed by atoms with Gasteiger partial charge in [-0.3, -0.25) is 19.8 Å². The van der Waals surface area contributed by atoms with Crippen molar-refractivity contribution in [2.24, 2.45) is 5.41 Å². The smallest absolute Gasteiger partial charge is 0.293 e. The Morgan fingerprint density at radius 2 is 1.90 bits per heavy atom. The third-order valence-electron chi connectivity index (χ3n) is 11.7. The number of aromatic amines is 1. The van der Waals surface area contributed by atoms with Crippen LogP contribution in [0.5, 0.6) is 11.5 Å². The van der Waals surface area contributed by atoms with Crippen molar-refractivity contribution in [1.29, 1.82) is 0 Å².